The van der Waals surface area contributed by atoms with Crippen LogP contribution >= 0.6 is 11.6 Å². The molecule has 2 N–H and O–H groups in total. The van der Waals surface area contributed by atoms with Crippen molar-refractivity contribution in [3.63, 3.8) is 0 Å². The highest BCUT2D eigenvalue weighted by Crippen LogP contribution is 2.39. The zero-order valence-corrected chi connectivity index (χ0v) is 24.5. The number of aromatic carboxylic acids is 2. The van der Waals surface area contributed by atoms with Crippen LogP contribution in [-0.4, -0.2) is 50.3 Å². The lowest BCUT2D eigenvalue weighted by atomic mass is 9.88. The van der Waals surface area contributed by atoms with Crippen LogP contribution in [0.25, 0.3) is 27.4 Å². The molecular weight excluding hydrogens is 576 g/mol. The van der Waals surface area contributed by atoms with E-state index in [0.717, 1.165) is 34.9 Å². The third-order valence-electron chi connectivity index (χ3n) is 7.89. The number of hydrogen-bond donors (Lipinski definition) is 2. The number of benzene rings is 2. The summed E-state index contributed by atoms with van der Waals surface area (Å²) in [6, 6.07) is 12.4. The number of fused-ring (bicyclic) bond motifs is 2. The third-order valence-corrected chi connectivity index (χ3v) is 8.21. The van der Waals surface area contributed by atoms with Crippen LogP contribution in [0.15, 0.2) is 64.2 Å². The number of allylic oxidation sites excluding steroid dienone is 1. The average molecular weight is 607 g/mol. The standard InChI is InChI=1S/C20H21NO5.C12H10ClNO3/c1-2-21-17-4-3-14(19(23)24)11-16(17)15(12-18(21)22)13-5-7-20(8-6-13)25-9-10-26-20;1-2-14-10-4-3-7(12(16)17)5-8(10)9(13)6-11(14)15/h3-5,11-12H,2,6-10H2,1H3,(H,23,24);3-6H,2H2,1H3,(H,16,17). The van der Waals surface area contributed by atoms with E-state index in [1.807, 2.05) is 13.8 Å². The number of aryl methyl sites for hydroxylation is 2. The first-order valence-corrected chi connectivity index (χ1v) is 14.4. The minimum Gasteiger partial charge on any atom is -0.478 e. The molecule has 0 unspecified atom stereocenters. The largest absolute Gasteiger partial charge is 0.478 e. The monoisotopic (exact) mass is 606 g/mol. The number of nitrogens with zero attached hydrogens (tertiary/aromatic N) is 2. The summed E-state index contributed by atoms with van der Waals surface area (Å²) in [6.45, 7) is 6.02. The molecule has 1 spiro atoms. The van der Waals surface area contributed by atoms with Crippen molar-refractivity contribution >= 4 is 50.9 Å². The van der Waals surface area contributed by atoms with Crippen molar-refractivity contribution in [2.75, 3.05) is 13.2 Å². The summed E-state index contributed by atoms with van der Waals surface area (Å²) in [7, 11) is 0. The van der Waals surface area contributed by atoms with Crippen molar-refractivity contribution in [1.82, 2.24) is 9.13 Å². The Labute approximate surface area is 251 Å². The highest BCUT2D eigenvalue weighted by molar-refractivity contribution is 6.35. The Kier molecular flexibility index (Phi) is 8.55. The molecule has 1 fully saturated rings. The van der Waals surface area contributed by atoms with Crippen molar-refractivity contribution in [2.24, 2.45) is 0 Å². The Morgan fingerprint density at radius 1 is 0.837 bits per heavy atom. The Morgan fingerprint density at radius 3 is 1.88 bits per heavy atom. The SMILES string of the molecule is CCn1c(=O)cc(C2=CCC3(CC2)OCCO3)c2cc(C(=O)O)ccc21.CCn1c(=O)cc(Cl)c2cc(C(=O)O)ccc21. The van der Waals surface area contributed by atoms with Crippen LogP contribution in [0.4, 0.5) is 0 Å². The number of hydrogen-bond acceptors (Lipinski definition) is 6. The summed E-state index contributed by atoms with van der Waals surface area (Å²) in [6.07, 6.45) is 4.16. The van der Waals surface area contributed by atoms with E-state index >= 15 is 0 Å². The van der Waals surface area contributed by atoms with Gasteiger partial charge in [-0.1, -0.05) is 17.7 Å². The lowest BCUT2D eigenvalue weighted by molar-refractivity contribution is -0.159. The Balaban J connectivity index is 0.000000188. The molecule has 4 aromatic rings. The fourth-order valence-electron chi connectivity index (χ4n) is 5.73. The summed E-state index contributed by atoms with van der Waals surface area (Å²) in [4.78, 5) is 46.5. The van der Waals surface area contributed by atoms with Gasteiger partial charge in [-0.3, -0.25) is 9.59 Å². The van der Waals surface area contributed by atoms with E-state index < -0.39 is 17.7 Å². The first-order valence-electron chi connectivity index (χ1n) is 14.0. The van der Waals surface area contributed by atoms with Crippen LogP contribution in [0, 0.1) is 0 Å². The lowest BCUT2D eigenvalue weighted by Crippen LogP contribution is -2.31. The molecule has 224 valence electrons. The highest BCUT2D eigenvalue weighted by Gasteiger charge is 2.38. The smallest absolute Gasteiger partial charge is 0.335 e. The molecule has 0 radical (unpaired) electrons. The predicted octanol–water partition coefficient (Wildman–Crippen LogP) is 5.40. The van der Waals surface area contributed by atoms with Gasteiger partial charge in [0, 0.05) is 48.8 Å². The molecule has 1 saturated heterocycles. The number of carboxylic acid groups (broad SMARTS) is 2. The second-order valence-corrected chi connectivity index (χ2v) is 10.7. The molecular formula is C32H31ClN2O8. The number of rotatable bonds is 5. The van der Waals surface area contributed by atoms with Gasteiger partial charge >= 0.3 is 11.9 Å². The summed E-state index contributed by atoms with van der Waals surface area (Å²) >= 11 is 5.96. The minimum absolute atomic E-state index is 0.0763. The zero-order valence-electron chi connectivity index (χ0n) is 23.8. The molecule has 3 heterocycles. The maximum atomic E-state index is 12.6. The van der Waals surface area contributed by atoms with Crippen LogP contribution in [0.5, 0.6) is 0 Å². The number of pyridine rings is 2. The molecule has 10 nitrogen and oxygen atoms in total. The lowest BCUT2D eigenvalue weighted by Gasteiger charge is -2.31. The second kappa shape index (κ2) is 12.2. The molecule has 43 heavy (non-hydrogen) atoms. The first-order chi connectivity index (χ1) is 20.6. The van der Waals surface area contributed by atoms with Crippen LogP contribution < -0.4 is 11.1 Å². The van der Waals surface area contributed by atoms with E-state index in [2.05, 4.69) is 6.08 Å². The molecule has 1 aliphatic carbocycles. The van der Waals surface area contributed by atoms with Gasteiger partial charge in [0.25, 0.3) is 11.1 Å². The van der Waals surface area contributed by atoms with Gasteiger partial charge < -0.3 is 28.8 Å². The maximum absolute atomic E-state index is 12.6. The van der Waals surface area contributed by atoms with Crippen molar-refractivity contribution in [2.45, 2.75) is 52.0 Å². The fraction of sp³-hybridized carbons (Fsp3) is 0.312. The minimum atomic E-state index is -1.02. The number of carbonyl (C=O) groups is 2. The molecule has 0 bridgehead atoms. The van der Waals surface area contributed by atoms with Gasteiger partial charge in [0.15, 0.2) is 5.79 Å². The summed E-state index contributed by atoms with van der Waals surface area (Å²) in [5.41, 5.74) is 3.37. The van der Waals surface area contributed by atoms with E-state index in [1.54, 1.807) is 39.5 Å². The molecule has 2 aliphatic rings. The summed E-state index contributed by atoms with van der Waals surface area (Å²) in [5, 5.41) is 19.9. The van der Waals surface area contributed by atoms with Crippen molar-refractivity contribution < 1.29 is 29.3 Å². The molecule has 6 rings (SSSR count). The molecule has 2 aromatic heterocycles. The van der Waals surface area contributed by atoms with Gasteiger partial charge in [0.1, 0.15) is 0 Å². The molecule has 2 aromatic carbocycles. The van der Waals surface area contributed by atoms with Gasteiger partial charge in [-0.25, -0.2) is 9.59 Å². The molecule has 0 saturated carbocycles. The topological polar surface area (TPSA) is 137 Å². The van der Waals surface area contributed by atoms with Gasteiger partial charge in [-0.15, -0.1) is 0 Å². The number of carboxylic acids is 2. The van der Waals surface area contributed by atoms with Crippen molar-refractivity contribution in [3.8, 4) is 0 Å². The van der Waals surface area contributed by atoms with E-state index in [9.17, 15) is 24.3 Å². The third kappa shape index (κ3) is 5.86. The molecule has 11 heteroatoms. The van der Waals surface area contributed by atoms with Gasteiger partial charge in [-0.2, -0.15) is 0 Å². The van der Waals surface area contributed by atoms with E-state index in [-0.39, 0.29) is 27.3 Å². The summed E-state index contributed by atoms with van der Waals surface area (Å²) < 4.78 is 14.7. The Morgan fingerprint density at radius 2 is 1.37 bits per heavy atom. The molecule has 0 atom stereocenters. The van der Waals surface area contributed by atoms with Crippen LogP contribution in [-0.2, 0) is 22.6 Å². The van der Waals surface area contributed by atoms with Gasteiger partial charge in [-0.05, 0) is 67.8 Å². The van der Waals surface area contributed by atoms with Crippen LogP contribution in [0.3, 0.4) is 0 Å². The predicted molar refractivity (Wildman–Crippen MR) is 163 cm³/mol. The van der Waals surface area contributed by atoms with Crippen LogP contribution in [0.1, 0.15) is 59.4 Å². The Bertz CT molecular complexity index is 1900. The molecule has 1 aliphatic heterocycles. The van der Waals surface area contributed by atoms with Gasteiger partial charge in [0.05, 0.1) is 40.4 Å². The second-order valence-electron chi connectivity index (χ2n) is 10.3. The normalized spacial score (nSPS) is 15.7. The number of halogens is 1. The maximum Gasteiger partial charge on any atom is 0.335 e. The van der Waals surface area contributed by atoms with Crippen molar-refractivity contribution in [1.29, 1.82) is 0 Å². The number of aromatic nitrogens is 2. The van der Waals surface area contributed by atoms with E-state index in [1.165, 1.54) is 18.2 Å². The molecule has 0 amide bonds. The van der Waals surface area contributed by atoms with E-state index in [4.69, 9.17) is 26.2 Å². The number of ether oxygens (including phenoxy) is 2. The summed E-state index contributed by atoms with van der Waals surface area (Å²) in [5.74, 6) is -2.52. The van der Waals surface area contributed by atoms with Crippen molar-refractivity contribution in [3.05, 3.63) is 97.0 Å². The van der Waals surface area contributed by atoms with Gasteiger partial charge in [0.2, 0.25) is 0 Å². The first kappa shape index (κ1) is 30.2. The zero-order chi connectivity index (χ0) is 30.9. The highest BCUT2D eigenvalue weighted by atomic mass is 35.5. The quantitative estimate of drug-likeness (QED) is 0.308. The van der Waals surface area contributed by atoms with E-state index in [0.29, 0.717) is 43.6 Å². The van der Waals surface area contributed by atoms with Crippen LogP contribution in [0.2, 0.25) is 5.02 Å². The Hall–Kier alpha value is -4.25. The average Bonchev–Trinajstić information content (AvgIpc) is 3.45. The fourth-order valence-corrected chi connectivity index (χ4v) is 5.97.